The van der Waals surface area contributed by atoms with Gasteiger partial charge in [-0.25, -0.2) is 0 Å². The molecule has 6 nitrogen and oxygen atoms in total. The minimum atomic E-state index is -0.293. The van der Waals surface area contributed by atoms with Crippen molar-refractivity contribution in [3.63, 3.8) is 0 Å². The van der Waals surface area contributed by atoms with Gasteiger partial charge in [-0.15, -0.1) is 0 Å². The zero-order chi connectivity index (χ0) is 15.8. The van der Waals surface area contributed by atoms with Crippen LogP contribution in [0.4, 0.5) is 0 Å². The average molecular weight is 289 g/mol. The number of ether oxygens (including phenoxy) is 1. The maximum Gasteiger partial charge on any atom is 0.260 e. The van der Waals surface area contributed by atoms with Gasteiger partial charge in [0.1, 0.15) is 5.75 Å². The van der Waals surface area contributed by atoms with Crippen LogP contribution in [0.15, 0.2) is 24.3 Å². The van der Waals surface area contributed by atoms with E-state index in [4.69, 9.17) is 10.00 Å². The van der Waals surface area contributed by atoms with Crippen molar-refractivity contribution in [3.05, 3.63) is 29.8 Å². The van der Waals surface area contributed by atoms with Crippen LogP contribution in [-0.2, 0) is 9.59 Å². The zero-order valence-electron chi connectivity index (χ0n) is 12.4. The molecule has 0 aromatic heterocycles. The Hall–Kier alpha value is -2.55. The number of hydrogen-bond donors (Lipinski definition) is 1. The summed E-state index contributed by atoms with van der Waals surface area (Å²) < 4.78 is 5.32. The molecule has 0 aliphatic heterocycles. The average Bonchev–Trinajstić information content (AvgIpc) is 2.44. The number of likely N-dealkylation sites (N-methyl/N-ethyl adjacent to an activating group) is 1. The predicted molar refractivity (Wildman–Crippen MR) is 77.6 cm³/mol. The Labute approximate surface area is 124 Å². The van der Waals surface area contributed by atoms with Crippen molar-refractivity contribution in [3.8, 4) is 11.8 Å². The molecule has 1 aromatic carbocycles. The van der Waals surface area contributed by atoms with Crippen LogP contribution in [-0.4, -0.2) is 43.0 Å². The van der Waals surface area contributed by atoms with E-state index in [1.165, 1.54) is 4.90 Å². The molecule has 0 aliphatic rings. The topological polar surface area (TPSA) is 82.4 Å². The van der Waals surface area contributed by atoms with Crippen molar-refractivity contribution in [2.75, 3.05) is 20.2 Å². The molecule has 0 radical (unpaired) electrons. The number of rotatable bonds is 6. The number of nitrogens with one attached hydrogen (secondary N) is 1. The predicted octanol–water partition coefficient (Wildman–Crippen LogP) is 0.920. The molecule has 0 aliphatic carbocycles. The van der Waals surface area contributed by atoms with E-state index in [2.05, 4.69) is 5.32 Å². The molecule has 0 fully saturated rings. The van der Waals surface area contributed by atoms with E-state index >= 15 is 0 Å². The molecule has 0 spiro atoms. The molecule has 6 heteroatoms. The lowest BCUT2D eigenvalue weighted by Crippen LogP contribution is -2.42. The van der Waals surface area contributed by atoms with Crippen molar-refractivity contribution < 1.29 is 14.3 Å². The van der Waals surface area contributed by atoms with E-state index in [0.29, 0.717) is 11.3 Å². The van der Waals surface area contributed by atoms with E-state index in [1.807, 2.05) is 19.9 Å². The molecule has 0 unspecified atom stereocenters. The minimum absolute atomic E-state index is 0.00621. The molecule has 1 aromatic rings. The molecule has 0 saturated heterocycles. The normalized spacial score (nSPS) is 9.86. The van der Waals surface area contributed by atoms with Crippen LogP contribution in [0.2, 0.25) is 0 Å². The molecule has 0 bridgehead atoms. The molecule has 21 heavy (non-hydrogen) atoms. The maximum absolute atomic E-state index is 11.8. The van der Waals surface area contributed by atoms with Gasteiger partial charge in [0, 0.05) is 13.1 Å². The van der Waals surface area contributed by atoms with Gasteiger partial charge in [-0.05, 0) is 38.1 Å². The molecule has 112 valence electrons. The summed E-state index contributed by atoms with van der Waals surface area (Å²) in [4.78, 5) is 24.7. The lowest BCUT2D eigenvalue weighted by molar-refractivity contribution is -0.136. The van der Waals surface area contributed by atoms with Gasteiger partial charge in [-0.3, -0.25) is 9.59 Å². The quantitative estimate of drug-likeness (QED) is 0.844. The molecule has 0 heterocycles. The van der Waals surface area contributed by atoms with Gasteiger partial charge >= 0.3 is 0 Å². The molecule has 0 atom stereocenters. The molecule has 1 N–H and O–H groups in total. The second kappa shape index (κ2) is 7.90. The van der Waals surface area contributed by atoms with Gasteiger partial charge in [0.05, 0.1) is 18.2 Å². The van der Waals surface area contributed by atoms with Gasteiger partial charge in [0.2, 0.25) is 5.91 Å². The third kappa shape index (κ3) is 5.95. The maximum atomic E-state index is 11.8. The molecular formula is C15H19N3O3. The fraction of sp³-hybridized carbons (Fsp3) is 0.400. The van der Waals surface area contributed by atoms with E-state index in [9.17, 15) is 9.59 Å². The van der Waals surface area contributed by atoms with Crippen molar-refractivity contribution in [2.45, 2.75) is 19.9 Å². The van der Waals surface area contributed by atoms with Crippen LogP contribution in [0.25, 0.3) is 0 Å². The number of carbonyl (C=O) groups is 2. The standard InChI is InChI=1S/C15H19N3O3/c1-11(2)17-14(19)9-18(3)15(20)10-21-13-6-4-12(8-16)5-7-13/h4-7,11H,9-10H2,1-3H3,(H,17,19). The highest BCUT2D eigenvalue weighted by molar-refractivity contribution is 5.85. The Kier molecular flexibility index (Phi) is 6.21. The minimum Gasteiger partial charge on any atom is -0.484 e. The first-order chi connectivity index (χ1) is 9.92. The Balaban J connectivity index is 2.41. The number of carbonyl (C=O) groups excluding carboxylic acids is 2. The summed E-state index contributed by atoms with van der Waals surface area (Å²) in [5, 5.41) is 11.4. The fourth-order valence-corrected chi connectivity index (χ4v) is 1.55. The smallest absolute Gasteiger partial charge is 0.260 e. The van der Waals surface area contributed by atoms with Crippen LogP contribution in [0.3, 0.4) is 0 Å². The Morgan fingerprint density at radius 3 is 2.48 bits per heavy atom. The van der Waals surface area contributed by atoms with Crippen LogP contribution in [0.1, 0.15) is 19.4 Å². The fourth-order valence-electron chi connectivity index (χ4n) is 1.55. The molecule has 1 rings (SSSR count). The van der Waals surface area contributed by atoms with Gasteiger partial charge in [-0.1, -0.05) is 0 Å². The molecular weight excluding hydrogens is 270 g/mol. The molecule has 2 amide bonds. The largest absolute Gasteiger partial charge is 0.484 e. The first-order valence-electron chi connectivity index (χ1n) is 6.58. The van der Waals surface area contributed by atoms with Gasteiger partial charge < -0.3 is 15.0 Å². The number of amides is 2. The third-order valence-corrected chi connectivity index (χ3v) is 2.60. The molecule has 0 saturated carbocycles. The van der Waals surface area contributed by atoms with Crippen LogP contribution < -0.4 is 10.1 Å². The van der Waals surface area contributed by atoms with Crippen molar-refractivity contribution >= 4 is 11.8 Å². The Bertz CT molecular complexity index is 532. The summed E-state index contributed by atoms with van der Waals surface area (Å²) >= 11 is 0. The summed E-state index contributed by atoms with van der Waals surface area (Å²) in [6.07, 6.45) is 0. The highest BCUT2D eigenvalue weighted by Crippen LogP contribution is 2.11. The Morgan fingerprint density at radius 1 is 1.33 bits per heavy atom. The summed E-state index contributed by atoms with van der Waals surface area (Å²) in [6.45, 7) is 3.55. The third-order valence-electron chi connectivity index (χ3n) is 2.60. The first-order valence-corrected chi connectivity index (χ1v) is 6.58. The summed E-state index contributed by atoms with van der Waals surface area (Å²) in [5.74, 6) is -0.000120. The van der Waals surface area contributed by atoms with E-state index < -0.39 is 0 Å². The lowest BCUT2D eigenvalue weighted by atomic mass is 10.2. The van der Waals surface area contributed by atoms with Crippen LogP contribution >= 0.6 is 0 Å². The van der Waals surface area contributed by atoms with Crippen LogP contribution in [0, 0.1) is 11.3 Å². The van der Waals surface area contributed by atoms with E-state index in [1.54, 1.807) is 31.3 Å². The van der Waals surface area contributed by atoms with Crippen molar-refractivity contribution in [1.82, 2.24) is 10.2 Å². The van der Waals surface area contributed by atoms with Crippen molar-refractivity contribution in [1.29, 1.82) is 5.26 Å². The second-order valence-corrected chi connectivity index (χ2v) is 4.90. The van der Waals surface area contributed by atoms with E-state index in [-0.39, 0.29) is 31.0 Å². The van der Waals surface area contributed by atoms with Gasteiger partial charge in [0.15, 0.2) is 6.61 Å². The number of benzene rings is 1. The zero-order valence-corrected chi connectivity index (χ0v) is 12.4. The number of nitriles is 1. The highest BCUT2D eigenvalue weighted by atomic mass is 16.5. The van der Waals surface area contributed by atoms with Gasteiger partial charge in [-0.2, -0.15) is 5.26 Å². The Morgan fingerprint density at radius 2 is 1.95 bits per heavy atom. The first kappa shape index (κ1) is 16.5. The van der Waals surface area contributed by atoms with E-state index in [0.717, 1.165) is 0 Å². The number of hydrogen-bond acceptors (Lipinski definition) is 4. The summed E-state index contributed by atoms with van der Waals surface area (Å²) in [5.41, 5.74) is 0.524. The second-order valence-electron chi connectivity index (χ2n) is 4.90. The SMILES string of the molecule is CC(C)NC(=O)CN(C)C(=O)COc1ccc(C#N)cc1. The monoisotopic (exact) mass is 289 g/mol. The van der Waals surface area contributed by atoms with Crippen LogP contribution in [0.5, 0.6) is 5.75 Å². The summed E-state index contributed by atoms with van der Waals surface area (Å²) in [7, 11) is 1.55. The number of nitrogens with zero attached hydrogens (tertiary/aromatic N) is 2. The summed E-state index contributed by atoms with van der Waals surface area (Å²) in [6, 6.07) is 8.50. The van der Waals surface area contributed by atoms with Crippen molar-refractivity contribution in [2.24, 2.45) is 0 Å². The van der Waals surface area contributed by atoms with Gasteiger partial charge in [0.25, 0.3) is 5.91 Å². The lowest BCUT2D eigenvalue weighted by Gasteiger charge is -2.18. The highest BCUT2D eigenvalue weighted by Gasteiger charge is 2.14.